The average molecular weight is 775 g/mol. The van der Waals surface area contributed by atoms with E-state index in [0.29, 0.717) is 49.0 Å². The Balaban J connectivity index is 0.839. The molecule has 2 fully saturated rings. The van der Waals surface area contributed by atoms with Crippen LogP contribution in [-0.2, 0) is 9.59 Å². The van der Waals surface area contributed by atoms with Crippen molar-refractivity contribution in [1.29, 1.82) is 0 Å². The number of hydrogen-bond donors (Lipinski definition) is 2. The second-order valence-electron chi connectivity index (χ2n) is 15.1. The van der Waals surface area contributed by atoms with Gasteiger partial charge in [0.15, 0.2) is 5.76 Å². The van der Waals surface area contributed by atoms with Crippen LogP contribution in [0.1, 0.15) is 68.6 Å². The Bertz CT molecular complexity index is 2330. The summed E-state index contributed by atoms with van der Waals surface area (Å²) in [6, 6.07) is 20.5. The van der Waals surface area contributed by atoms with Crippen molar-refractivity contribution in [2.75, 3.05) is 32.8 Å². The highest BCUT2D eigenvalue weighted by Gasteiger charge is 2.40. The smallest absolute Gasteiger partial charge is 0.254 e. The van der Waals surface area contributed by atoms with Crippen LogP contribution in [0.15, 0.2) is 83.0 Å². The molecule has 0 aliphatic carbocycles. The molecule has 3 unspecified atom stereocenters. The summed E-state index contributed by atoms with van der Waals surface area (Å²) in [5.41, 5.74) is 8.01. The molecular formula is C42H46N8O5S. The Labute approximate surface area is 329 Å². The van der Waals surface area contributed by atoms with Crippen LogP contribution in [0.2, 0.25) is 0 Å². The molecule has 6 aromatic rings. The number of aromatic hydroxyl groups is 1. The number of fused-ring (bicyclic) bond motifs is 1. The van der Waals surface area contributed by atoms with Gasteiger partial charge in [-0.1, -0.05) is 50.2 Å². The van der Waals surface area contributed by atoms with Crippen LogP contribution >= 0.6 is 11.3 Å². The molecule has 2 aliphatic heterocycles. The van der Waals surface area contributed by atoms with Gasteiger partial charge in [0.05, 0.1) is 39.4 Å². The molecule has 3 atom stereocenters. The van der Waals surface area contributed by atoms with Crippen molar-refractivity contribution in [3.05, 3.63) is 95.5 Å². The van der Waals surface area contributed by atoms with E-state index in [1.807, 2.05) is 75.8 Å². The molecule has 8 rings (SSSR count). The molecule has 0 spiro atoms. The number of carbonyl (C=O) groups is 2. The summed E-state index contributed by atoms with van der Waals surface area (Å²) in [5.74, 6) is -0.0354. The minimum atomic E-state index is -0.600. The van der Waals surface area contributed by atoms with Gasteiger partial charge in [-0.15, -0.1) is 21.5 Å². The van der Waals surface area contributed by atoms with Crippen LogP contribution in [-0.4, -0.2) is 90.5 Å². The van der Waals surface area contributed by atoms with Crippen molar-refractivity contribution in [2.45, 2.75) is 64.6 Å². The zero-order chi connectivity index (χ0) is 38.9. The van der Waals surface area contributed by atoms with Crippen molar-refractivity contribution in [2.24, 2.45) is 5.92 Å². The van der Waals surface area contributed by atoms with E-state index < -0.39 is 12.0 Å². The number of aryl methyl sites for hydroxylation is 1. The van der Waals surface area contributed by atoms with Gasteiger partial charge in [0.1, 0.15) is 29.8 Å². The zero-order valence-corrected chi connectivity index (χ0v) is 32.8. The van der Waals surface area contributed by atoms with E-state index >= 15 is 0 Å². The van der Waals surface area contributed by atoms with Crippen molar-refractivity contribution in [3.8, 4) is 33.3 Å². The minimum absolute atomic E-state index is 0.0875. The lowest BCUT2D eigenvalue weighted by atomic mass is 9.91. The summed E-state index contributed by atoms with van der Waals surface area (Å²) in [5, 5.41) is 26.3. The molecule has 2 amide bonds. The molecule has 2 aromatic carbocycles. The van der Waals surface area contributed by atoms with E-state index in [9.17, 15) is 14.7 Å². The number of nitrogens with one attached hydrogen (secondary N) is 1. The number of likely N-dealkylation sites (tertiary alicyclic amines) is 2. The number of thiazole rings is 1. The Morgan fingerprint density at radius 3 is 2.61 bits per heavy atom. The molecule has 56 heavy (non-hydrogen) atoms. The maximum atomic E-state index is 14.1. The third-order valence-electron chi connectivity index (χ3n) is 11.0. The number of para-hydroxylation sites is 1. The number of hydrogen-bond acceptors (Lipinski definition) is 11. The van der Waals surface area contributed by atoms with Crippen LogP contribution in [0.5, 0.6) is 11.6 Å². The summed E-state index contributed by atoms with van der Waals surface area (Å²) >= 11 is 1.61. The quantitative estimate of drug-likeness (QED) is 0.129. The van der Waals surface area contributed by atoms with Crippen LogP contribution in [0, 0.1) is 12.8 Å². The van der Waals surface area contributed by atoms with Gasteiger partial charge in [-0.2, -0.15) is 0 Å². The van der Waals surface area contributed by atoms with Gasteiger partial charge in [-0.05, 0) is 73.2 Å². The maximum Gasteiger partial charge on any atom is 0.254 e. The predicted molar refractivity (Wildman–Crippen MR) is 213 cm³/mol. The first-order chi connectivity index (χ1) is 27.1. The molecule has 6 heterocycles. The lowest BCUT2D eigenvalue weighted by molar-refractivity contribution is -0.141. The normalized spacial score (nSPS) is 17.3. The largest absolute Gasteiger partial charge is 0.507 e. The topological polar surface area (TPSA) is 152 Å². The van der Waals surface area contributed by atoms with Crippen molar-refractivity contribution in [1.82, 2.24) is 40.0 Å². The molecule has 290 valence electrons. The second kappa shape index (κ2) is 15.9. The third-order valence-corrected chi connectivity index (χ3v) is 12.0. The summed E-state index contributed by atoms with van der Waals surface area (Å²) < 4.78 is 13.9. The molecule has 2 aliphatic rings. The molecule has 0 radical (unpaired) electrons. The number of ether oxygens (including phenoxy) is 1. The Hall–Kier alpha value is -5.60. The summed E-state index contributed by atoms with van der Waals surface area (Å²) in [7, 11) is 0. The number of carbonyl (C=O) groups excluding carboxylic acids is 2. The standard InChI is InChI=1S/C42H46N8O5S/c1-25(2)39(42(53)50-16-7-9-34(50)41(52)44-26(3)28-11-13-29(14-12-28)40-27(4)43-24-56-40)37-21-38(47-55-37)54-19-18-48-22-30(23-48)49-17-15-32-35(49)20-33(46-45-32)31-8-5-6-10-36(31)51/h5-6,8,10-15,17,20-21,24-26,30,34,39,51H,7,9,16,18-19,22-23H2,1-4H3,(H,44,52). The number of amides is 2. The molecule has 13 nitrogen and oxygen atoms in total. The fourth-order valence-corrected chi connectivity index (χ4v) is 8.68. The van der Waals surface area contributed by atoms with E-state index in [1.54, 1.807) is 34.4 Å². The molecule has 0 bridgehead atoms. The van der Waals surface area contributed by atoms with Crippen molar-refractivity contribution >= 4 is 34.2 Å². The van der Waals surface area contributed by atoms with Crippen LogP contribution in [0.3, 0.4) is 0 Å². The number of phenolic OH excluding ortho intramolecular Hbond substituents is 1. The lowest BCUT2D eigenvalue weighted by Gasteiger charge is -2.40. The summed E-state index contributed by atoms with van der Waals surface area (Å²) in [6.07, 6.45) is 3.40. The Morgan fingerprint density at radius 2 is 1.86 bits per heavy atom. The van der Waals surface area contributed by atoms with E-state index in [4.69, 9.17) is 9.26 Å². The molecule has 4 aromatic heterocycles. The molecule has 14 heteroatoms. The first-order valence-electron chi connectivity index (χ1n) is 19.2. The van der Waals surface area contributed by atoms with Crippen molar-refractivity contribution in [3.63, 3.8) is 0 Å². The van der Waals surface area contributed by atoms with Crippen molar-refractivity contribution < 1.29 is 24.0 Å². The Morgan fingerprint density at radius 1 is 1.05 bits per heavy atom. The summed E-state index contributed by atoms with van der Waals surface area (Å²) in [6.45, 7) is 11.2. The number of benzene rings is 2. The lowest BCUT2D eigenvalue weighted by Crippen LogP contribution is -2.48. The Kier molecular flexibility index (Phi) is 10.6. The maximum absolute atomic E-state index is 14.1. The van der Waals surface area contributed by atoms with Gasteiger partial charge in [-0.3, -0.25) is 14.5 Å². The zero-order valence-electron chi connectivity index (χ0n) is 32.0. The molecule has 2 saturated heterocycles. The van der Waals surface area contributed by atoms with E-state index in [1.165, 1.54) is 0 Å². The first-order valence-corrected chi connectivity index (χ1v) is 20.1. The van der Waals surface area contributed by atoms with E-state index in [0.717, 1.165) is 52.2 Å². The highest BCUT2D eigenvalue weighted by atomic mass is 32.1. The first kappa shape index (κ1) is 37.3. The second-order valence-corrected chi connectivity index (χ2v) is 16.0. The van der Waals surface area contributed by atoms with Gasteiger partial charge in [0, 0.05) is 44.0 Å². The molecule has 2 N–H and O–H groups in total. The number of phenols is 1. The fourth-order valence-electron chi connectivity index (χ4n) is 7.87. The van der Waals surface area contributed by atoms with Gasteiger partial charge in [-0.25, -0.2) is 4.98 Å². The third kappa shape index (κ3) is 7.50. The average Bonchev–Trinajstić information content (AvgIpc) is 4.00. The highest BCUT2D eigenvalue weighted by molar-refractivity contribution is 7.13. The minimum Gasteiger partial charge on any atom is -0.507 e. The predicted octanol–water partition coefficient (Wildman–Crippen LogP) is 6.77. The number of aromatic nitrogens is 5. The highest BCUT2D eigenvalue weighted by Crippen LogP contribution is 2.34. The van der Waals surface area contributed by atoms with Crippen LogP contribution < -0.4 is 10.1 Å². The van der Waals surface area contributed by atoms with E-state index in [2.05, 4.69) is 47.3 Å². The summed E-state index contributed by atoms with van der Waals surface area (Å²) in [4.78, 5) is 37.2. The molecule has 0 saturated carbocycles. The van der Waals surface area contributed by atoms with Gasteiger partial charge in [0.25, 0.3) is 5.88 Å². The SMILES string of the molecule is Cc1ncsc1-c1ccc(C(C)NC(=O)C2CCCN2C(=O)C(c2cc(OCCN3CC(n4ccc5nnc(-c6ccccc6O)cc54)C3)no2)C(C)C)cc1. The monoisotopic (exact) mass is 774 g/mol. The number of nitrogens with zero attached hydrogens (tertiary/aromatic N) is 7. The van der Waals surface area contributed by atoms with Crippen LogP contribution in [0.25, 0.3) is 32.7 Å². The molecular weight excluding hydrogens is 729 g/mol. The fraction of sp³-hybridized carbons (Fsp3) is 0.381. The van der Waals surface area contributed by atoms with Gasteiger partial charge in [0.2, 0.25) is 11.8 Å². The van der Waals surface area contributed by atoms with Gasteiger partial charge >= 0.3 is 0 Å². The van der Waals surface area contributed by atoms with Crippen LogP contribution in [0.4, 0.5) is 0 Å². The van der Waals surface area contributed by atoms with Gasteiger partial charge < -0.3 is 29.2 Å². The van der Waals surface area contributed by atoms with E-state index in [-0.39, 0.29) is 35.6 Å². The number of rotatable bonds is 13.